The number of aryl methyl sites for hydroxylation is 1. The second-order valence-electron chi connectivity index (χ2n) is 9.60. The van der Waals surface area contributed by atoms with Gasteiger partial charge in [0.25, 0.3) is 0 Å². The molecule has 1 N–H and O–H groups in total. The average Bonchev–Trinajstić information content (AvgIpc) is 3.31. The molecule has 0 atom stereocenters. The Labute approximate surface area is 191 Å². The summed E-state index contributed by atoms with van der Waals surface area (Å²) >= 11 is 0. The van der Waals surface area contributed by atoms with E-state index >= 15 is 0 Å². The van der Waals surface area contributed by atoms with E-state index in [0.717, 1.165) is 61.2 Å². The Balaban J connectivity index is 1.51. The minimum atomic E-state index is 0.00408. The van der Waals surface area contributed by atoms with E-state index in [9.17, 15) is 9.59 Å². The number of hydrogen-bond donors (Lipinski definition) is 1. The van der Waals surface area contributed by atoms with E-state index in [2.05, 4.69) is 43.4 Å². The summed E-state index contributed by atoms with van der Waals surface area (Å²) in [6, 6.07) is 14.5. The molecular weight excluding hydrogens is 398 g/mol. The van der Waals surface area contributed by atoms with Crippen molar-refractivity contribution in [2.24, 2.45) is 5.92 Å². The molecule has 0 bridgehead atoms. The normalized spacial score (nSPS) is 17.3. The number of nitrogens with zero attached hydrogens (tertiary/aromatic N) is 2. The zero-order valence-corrected chi connectivity index (χ0v) is 19.6. The highest BCUT2D eigenvalue weighted by Crippen LogP contribution is 2.32. The van der Waals surface area contributed by atoms with E-state index in [1.54, 1.807) is 0 Å². The summed E-state index contributed by atoms with van der Waals surface area (Å²) in [6.07, 6.45) is 5.06. The van der Waals surface area contributed by atoms with Crippen molar-refractivity contribution >= 4 is 23.3 Å². The molecule has 3 amide bonds. The van der Waals surface area contributed by atoms with Gasteiger partial charge < -0.3 is 10.2 Å². The summed E-state index contributed by atoms with van der Waals surface area (Å²) in [6.45, 7) is 8.40. The highest BCUT2D eigenvalue weighted by atomic mass is 16.2. The molecule has 4 rings (SSSR count). The van der Waals surface area contributed by atoms with Crippen molar-refractivity contribution in [3.8, 4) is 0 Å². The van der Waals surface area contributed by atoms with E-state index in [1.165, 1.54) is 5.56 Å². The van der Waals surface area contributed by atoms with Gasteiger partial charge in [0.15, 0.2) is 0 Å². The molecule has 2 aliphatic rings. The van der Waals surface area contributed by atoms with Crippen LogP contribution in [0.2, 0.25) is 0 Å². The first-order valence-electron chi connectivity index (χ1n) is 12.0. The van der Waals surface area contributed by atoms with E-state index in [-0.39, 0.29) is 17.9 Å². The van der Waals surface area contributed by atoms with Crippen LogP contribution in [0, 0.1) is 12.8 Å². The largest absolute Gasteiger partial charge is 0.324 e. The summed E-state index contributed by atoms with van der Waals surface area (Å²) in [7, 11) is 0. The fourth-order valence-corrected chi connectivity index (χ4v) is 4.79. The molecule has 5 nitrogen and oxygen atoms in total. The fraction of sp³-hybridized carbons (Fsp3) is 0.481. The number of urea groups is 1. The van der Waals surface area contributed by atoms with Crippen LogP contribution in [0.5, 0.6) is 0 Å². The van der Waals surface area contributed by atoms with Gasteiger partial charge in [-0.15, -0.1) is 0 Å². The van der Waals surface area contributed by atoms with E-state index in [4.69, 9.17) is 0 Å². The van der Waals surface area contributed by atoms with Gasteiger partial charge in [-0.05, 0) is 60.9 Å². The van der Waals surface area contributed by atoms with Gasteiger partial charge in [-0.3, -0.25) is 9.69 Å². The van der Waals surface area contributed by atoms with Crippen molar-refractivity contribution in [1.82, 2.24) is 4.90 Å². The van der Waals surface area contributed by atoms with Crippen LogP contribution in [0.25, 0.3) is 0 Å². The van der Waals surface area contributed by atoms with Crippen molar-refractivity contribution < 1.29 is 9.59 Å². The highest BCUT2D eigenvalue weighted by molar-refractivity contribution is 6.01. The summed E-state index contributed by atoms with van der Waals surface area (Å²) in [5.41, 5.74) is 5.07. The molecule has 5 heteroatoms. The van der Waals surface area contributed by atoms with Crippen LogP contribution in [-0.4, -0.2) is 29.9 Å². The van der Waals surface area contributed by atoms with Crippen molar-refractivity contribution in [2.45, 2.75) is 65.3 Å². The lowest BCUT2D eigenvalue weighted by Gasteiger charge is -2.36. The summed E-state index contributed by atoms with van der Waals surface area (Å²) in [5.74, 6) is 0.669. The second kappa shape index (κ2) is 9.76. The third-order valence-corrected chi connectivity index (χ3v) is 6.76. The minimum absolute atomic E-state index is 0.00408. The molecule has 0 spiro atoms. The van der Waals surface area contributed by atoms with Crippen LogP contribution >= 0.6 is 0 Å². The third kappa shape index (κ3) is 4.98. The topological polar surface area (TPSA) is 52.6 Å². The Morgan fingerprint density at radius 2 is 1.75 bits per heavy atom. The molecule has 1 saturated carbocycles. The Morgan fingerprint density at radius 3 is 2.44 bits per heavy atom. The second-order valence-corrected chi connectivity index (χ2v) is 9.60. The highest BCUT2D eigenvalue weighted by Gasteiger charge is 2.30. The Kier molecular flexibility index (Phi) is 6.83. The molecule has 32 heavy (non-hydrogen) atoms. The van der Waals surface area contributed by atoms with Gasteiger partial charge >= 0.3 is 6.03 Å². The lowest BCUT2D eigenvalue weighted by Crippen LogP contribution is -2.49. The van der Waals surface area contributed by atoms with Crippen LogP contribution in [0.15, 0.2) is 42.5 Å². The first kappa shape index (κ1) is 22.4. The van der Waals surface area contributed by atoms with Gasteiger partial charge in [-0.25, -0.2) is 4.79 Å². The number of benzene rings is 2. The van der Waals surface area contributed by atoms with Crippen LogP contribution in [0.3, 0.4) is 0 Å². The predicted octanol–water partition coefficient (Wildman–Crippen LogP) is 6.08. The van der Waals surface area contributed by atoms with Gasteiger partial charge in [0.2, 0.25) is 5.91 Å². The number of carbonyl (C=O) groups excluding carboxylic acids is 2. The smallest absolute Gasteiger partial charge is 0.324 e. The van der Waals surface area contributed by atoms with Gasteiger partial charge in [-0.2, -0.15) is 0 Å². The third-order valence-electron chi connectivity index (χ3n) is 6.76. The standard InChI is InChI=1S/C27H35N3O2/c1-19(2)22-12-10-21(11-13-22)18-29-15-6-16-30(27(29)32)25-14-9-20(3)17-24(25)28-26(31)23-7-4-5-8-23/h9-14,17,19,23H,4-8,15-16,18H2,1-3H3,(H,28,31). The van der Waals surface area contributed by atoms with Gasteiger partial charge in [0.1, 0.15) is 0 Å². The molecule has 2 aromatic carbocycles. The first-order chi connectivity index (χ1) is 15.4. The zero-order chi connectivity index (χ0) is 22.7. The molecule has 1 saturated heterocycles. The van der Waals surface area contributed by atoms with Gasteiger partial charge in [0, 0.05) is 25.6 Å². The molecule has 2 aromatic rings. The van der Waals surface area contributed by atoms with Crippen LogP contribution in [-0.2, 0) is 11.3 Å². The van der Waals surface area contributed by atoms with Crippen molar-refractivity contribution in [3.63, 3.8) is 0 Å². The number of carbonyl (C=O) groups is 2. The molecule has 2 fully saturated rings. The Bertz CT molecular complexity index is 961. The quantitative estimate of drug-likeness (QED) is 0.600. The summed E-state index contributed by atoms with van der Waals surface area (Å²) in [5, 5.41) is 3.14. The maximum atomic E-state index is 13.4. The van der Waals surface area contributed by atoms with Gasteiger partial charge in [-0.1, -0.05) is 57.0 Å². The van der Waals surface area contributed by atoms with Crippen molar-refractivity contribution in [2.75, 3.05) is 23.3 Å². The summed E-state index contributed by atoms with van der Waals surface area (Å²) < 4.78 is 0. The van der Waals surface area contributed by atoms with Crippen molar-refractivity contribution in [1.29, 1.82) is 0 Å². The lowest BCUT2D eigenvalue weighted by molar-refractivity contribution is -0.119. The lowest BCUT2D eigenvalue weighted by atomic mass is 10.0. The van der Waals surface area contributed by atoms with E-state index in [1.807, 2.05) is 34.9 Å². The number of amides is 3. The Hall–Kier alpha value is -2.82. The van der Waals surface area contributed by atoms with E-state index in [0.29, 0.717) is 19.0 Å². The molecule has 0 aromatic heterocycles. The maximum absolute atomic E-state index is 13.4. The van der Waals surface area contributed by atoms with Gasteiger partial charge in [0.05, 0.1) is 11.4 Å². The summed E-state index contributed by atoms with van der Waals surface area (Å²) in [4.78, 5) is 30.0. The molecule has 170 valence electrons. The number of anilines is 2. The molecular formula is C27H35N3O2. The SMILES string of the molecule is Cc1ccc(N2CCCN(Cc3ccc(C(C)C)cc3)C2=O)c(NC(=O)C2CCCC2)c1. The van der Waals surface area contributed by atoms with E-state index < -0.39 is 0 Å². The molecule has 0 unspecified atom stereocenters. The number of nitrogens with one attached hydrogen (secondary N) is 1. The molecule has 1 aliphatic heterocycles. The fourth-order valence-electron chi connectivity index (χ4n) is 4.79. The van der Waals surface area contributed by atoms with Crippen LogP contribution < -0.4 is 10.2 Å². The van der Waals surface area contributed by atoms with Crippen LogP contribution in [0.4, 0.5) is 16.2 Å². The number of rotatable bonds is 6. The first-order valence-corrected chi connectivity index (χ1v) is 12.0. The zero-order valence-electron chi connectivity index (χ0n) is 19.6. The molecule has 0 radical (unpaired) electrons. The number of hydrogen-bond acceptors (Lipinski definition) is 2. The van der Waals surface area contributed by atoms with Crippen LogP contribution in [0.1, 0.15) is 68.6 Å². The van der Waals surface area contributed by atoms with Crippen molar-refractivity contribution in [3.05, 3.63) is 59.2 Å². The minimum Gasteiger partial charge on any atom is -0.324 e. The average molecular weight is 434 g/mol. The predicted molar refractivity (Wildman–Crippen MR) is 130 cm³/mol. The maximum Gasteiger partial charge on any atom is 0.324 e. The molecule has 1 aliphatic carbocycles. The Morgan fingerprint density at radius 1 is 1.03 bits per heavy atom. The molecule has 1 heterocycles. The monoisotopic (exact) mass is 433 g/mol.